The Hall–Kier alpha value is -3.65. The van der Waals surface area contributed by atoms with Crippen LogP contribution in [0.4, 0.5) is 10.1 Å². The predicted octanol–water partition coefficient (Wildman–Crippen LogP) is 5.23. The van der Waals surface area contributed by atoms with Gasteiger partial charge in [0.2, 0.25) is 5.88 Å². The highest BCUT2D eigenvalue weighted by molar-refractivity contribution is 6.30. The fourth-order valence-electron chi connectivity index (χ4n) is 4.24. The second-order valence-corrected chi connectivity index (χ2v) is 9.06. The lowest BCUT2D eigenvalue weighted by Gasteiger charge is -2.32. The number of ether oxygens (including phenoxy) is 2. The van der Waals surface area contributed by atoms with E-state index in [1.165, 1.54) is 12.1 Å². The molecule has 3 aromatic rings. The van der Waals surface area contributed by atoms with Gasteiger partial charge in [-0.05, 0) is 61.6 Å². The molecule has 2 amide bonds. The lowest BCUT2D eigenvalue weighted by Crippen LogP contribution is -2.38. The number of amides is 2. The summed E-state index contributed by atoms with van der Waals surface area (Å²) < 4.78 is 24.0. The Bertz CT molecular complexity index is 1240. The molecule has 1 aliphatic rings. The molecule has 0 spiro atoms. The average molecular weight is 512 g/mol. The molecule has 0 bridgehead atoms. The van der Waals surface area contributed by atoms with Crippen molar-refractivity contribution in [1.82, 2.24) is 9.88 Å². The number of pyridine rings is 1. The van der Waals surface area contributed by atoms with Crippen molar-refractivity contribution in [1.29, 1.82) is 0 Å². The van der Waals surface area contributed by atoms with Crippen molar-refractivity contribution >= 4 is 29.1 Å². The van der Waals surface area contributed by atoms with E-state index in [4.69, 9.17) is 21.1 Å². The summed E-state index contributed by atoms with van der Waals surface area (Å²) >= 11 is 5.65. The smallest absolute Gasteiger partial charge is 0.262 e. The summed E-state index contributed by atoms with van der Waals surface area (Å²) in [7, 11) is 1.56. The van der Waals surface area contributed by atoms with E-state index >= 15 is 0 Å². The Morgan fingerprint density at radius 1 is 1.14 bits per heavy atom. The highest BCUT2D eigenvalue weighted by Gasteiger charge is 2.25. The van der Waals surface area contributed by atoms with Crippen LogP contribution in [0.2, 0.25) is 5.02 Å². The zero-order valence-electron chi connectivity index (χ0n) is 20.1. The number of anilines is 1. The minimum Gasteiger partial charge on any atom is -0.484 e. The van der Waals surface area contributed by atoms with Gasteiger partial charge in [0.25, 0.3) is 11.8 Å². The van der Waals surface area contributed by atoms with Crippen molar-refractivity contribution in [2.75, 3.05) is 32.1 Å². The lowest BCUT2D eigenvalue weighted by atomic mass is 9.89. The Balaban J connectivity index is 1.26. The summed E-state index contributed by atoms with van der Waals surface area (Å²) in [5, 5.41) is 2.76. The van der Waals surface area contributed by atoms with Gasteiger partial charge in [0.15, 0.2) is 6.61 Å². The number of hydrogen-bond donors (Lipinski definition) is 1. The van der Waals surface area contributed by atoms with Crippen LogP contribution in [0.25, 0.3) is 0 Å². The first kappa shape index (κ1) is 25.4. The van der Waals surface area contributed by atoms with Gasteiger partial charge in [0.05, 0.1) is 17.7 Å². The summed E-state index contributed by atoms with van der Waals surface area (Å²) in [5.74, 6) is 0.104. The van der Waals surface area contributed by atoms with Crippen LogP contribution < -0.4 is 14.8 Å². The zero-order chi connectivity index (χ0) is 25.7. The van der Waals surface area contributed by atoms with Gasteiger partial charge < -0.3 is 19.7 Å². The van der Waals surface area contributed by atoms with Gasteiger partial charge in [0.1, 0.15) is 11.6 Å². The maximum absolute atomic E-state index is 13.5. The number of hydrogen-bond acceptors (Lipinski definition) is 5. The van der Waals surface area contributed by atoms with Crippen LogP contribution in [-0.2, 0) is 4.79 Å². The number of aromatic nitrogens is 1. The second kappa shape index (κ2) is 11.4. The van der Waals surface area contributed by atoms with E-state index in [9.17, 15) is 14.0 Å². The first-order chi connectivity index (χ1) is 17.3. The third-order valence-electron chi connectivity index (χ3n) is 6.18. The average Bonchev–Trinajstić information content (AvgIpc) is 2.89. The molecule has 2 heterocycles. The molecule has 2 aromatic carbocycles. The predicted molar refractivity (Wildman–Crippen MR) is 135 cm³/mol. The Morgan fingerprint density at radius 2 is 1.86 bits per heavy atom. The summed E-state index contributed by atoms with van der Waals surface area (Å²) in [6.45, 7) is 2.94. The number of carbonyl (C=O) groups excluding carboxylic acids is 2. The molecule has 7 nitrogen and oxygen atoms in total. The highest BCUT2D eigenvalue weighted by atomic mass is 35.5. The number of halogens is 2. The van der Waals surface area contributed by atoms with Crippen LogP contribution >= 0.6 is 11.6 Å². The molecule has 0 atom stereocenters. The standard InChI is InChI=1S/C27H27ClFN3O4/c1-17-13-20(15-30-26(17)35-2)27(34)32-11-9-19(10-12-32)18-3-5-21(6-4-18)31-25(33)16-36-22-7-8-23(28)24(29)14-22/h3-8,13-15,19H,9-12,16H2,1-2H3,(H,31,33). The van der Waals surface area contributed by atoms with Gasteiger partial charge in [-0.3, -0.25) is 9.59 Å². The number of nitrogens with one attached hydrogen (secondary N) is 1. The number of piperidine rings is 1. The molecule has 188 valence electrons. The van der Waals surface area contributed by atoms with Gasteiger partial charge in [-0.2, -0.15) is 0 Å². The van der Waals surface area contributed by atoms with E-state index in [0.29, 0.717) is 36.1 Å². The minimum atomic E-state index is -0.604. The van der Waals surface area contributed by atoms with Gasteiger partial charge >= 0.3 is 0 Å². The Kier molecular flexibility index (Phi) is 8.05. The van der Waals surface area contributed by atoms with Crippen molar-refractivity contribution < 1.29 is 23.5 Å². The van der Waals surface area contributed by atoms with E-state index in [1.807, 2.05) is 42.2 Å². The summed E-state index contributed by atoms with van der Waals surface area (Å²) in [5.41, 5.74) is 3.20. The van der Waals surface area contributed by atoms with Gasteiger partial charge in [-0.15, -0.1) is 0 Å². The van der Waals surface area contributed by atoms with Crippen LogP contribution in [0.1, 0.15) is 40.2 Å². The van der Waals surface area contributed by atoms with Gasteiger partial charge in [0, 0.05) is 36.6 Å². The number of likely N-dealkylation sites (tertiary alicyclic amines) is 1. The van der Waals surface area contributed by atoms with Gasteiger partial charge in [-0.25, -0.2) is 9.37 Å². The molecular formula is C27H27ClFN3O4. The third kappa shape index (κ3) is 6.12. The number of nitrogens with zero attached hydrogens (tertiary/aromatic N) is 2. The summed E-state index contributed by atoms with van der Waals surface area (Å²) in [4.78, 5) is 31.2. The van der Waals surface area contributed by atoms with Crippen LogP contribution in [0, 0.1) is 12.7 Å². The largest absolute Gasteiger partial charge is 0.484 e. The van der Waals surface area contributed by atoms with E-state index in [0.717, 1.165) is 30.0 Å². The lowest BCUT2D eigenvalue weighted by molar-refractivity contribution is -0.118. The fourth-order valence-corrected chi connectivity index (χ4v) is 4.36. The molecule has 1 aromatic heterocycles. The Labute approximate surface area is 214 Å². The molecule has 1 fully saturated rings. The fraction of sp³-hybridized carbons (Fsp3) is 0.296. The third-order valence-corrected chi connectivity index (χ3v) is 6.49. The van der Waals surface area contributed by atoms with Crippen LogP contribution in [0.5, 0.6) is 11.6 Å². The van der Waals surface area contributed by atoms with E-state index in [2.05, 4.69) is 10.3 Å². The highest BCUT2D eigenvalue weighted by Crippen LogP contribution is 2.30. The number of methoxy groups -OCH3 is 1. The molecule has 0 radical (unpaired) electrons. The molecule has 0 aliphatic carbocycles. The molecule has 0 unspecified atom stereocenters. The van der Waals surface area contributed by atoms with E-state index in [1.54, 1.807) is 13.3 Å². The van der Waals surface area contributed by atoms with Crippen LogP contribution in [0.3, 0.4) is 0 Å². The van der Waals surface area contributed by atoms with E-state index in [-0.39, 0.29) is 29.2 Å². The maximum atomic E-state index is 13.5. The van der Waals surface area contributed by atoms with Crippen LogP contribution in [-0.4, -0.2) is 48.5 Å². The number of carbonyl (C=O) groups is 2. The van der Waals surface area contributed by atoms with Crippen LogP contribution in [0.15, 0.2) is 54.7 Å². The zero-order valence-corrected chi connectivity index (χ0v) is 20.8. The monoisotopic (exact) mass is 511 g/mol. The summed E-state index contributed by atoms with van der Waals surface area (Å²) in [6.07, 6.45) is 3.27. The topological polar surface area (TPSA) is 80.8 Å². The molecule has 1 N–H and O–H groups in total. The van der Waals surface area contributed by atoms with E-state index < -0.39 is 5.82 Å². The number of aryl methyl sites for hydroxylation is 1. The molecule has 4 rings (SSSR count). The van der Waals surface area contributed by atoms with Crippen molar-refractivity contribution in [2.24, 2.45) is 0 Å². The molecule has 9 heteroatoms. The van der Waals surface area contributed by atoms with Crippen molar-refractivity contribution in [3.8, 4) is 11.6 Å². The van der Waals surface area contributed by atoms with Crippen molar-refractivity contribution in [3.05, 3.63) is 82.3 Å². The molecule has 1 aliphatic heterocycles. The molecular weight excluding hydrogens is 485 g/mol. The van der Waals surface area contributed by atoms with Crippen molar-refractivity contribution in [2.45, 2.75) is 25.7 Å². The number of rotatable bonds is 7. The second-order valence-electron chi connectivity index (χ2n) is 8.65. The maximum Gasteiger partial charge on any atom is 0.262 e. The number of benzene rings is 2. The van der Waals surface area contributed by atoms with Crippen molar-refractivity contribution in [3.63, 3.8) is 0 Å². The molecule has 1 saturated heterocycles. The quantitative estimate of drug-likeness (QED) is 0.470. The SMILES string of the molecule is COc1ncc(C(=O)N2CCC(c3ccc(NC(=O)COc4ccc(Cl)c(F)c4)cc3)CC2)cc1C. The molecule has 36 heavy (non-hydrogen) atoms. The summed E-state index contributed by atoms with van der Waals surface area (Å²) in [6, 6.07) is 13.5. The minimum absolute atomic E-state index is 0.00575. The first-order valence-electron chi connectivity index (χ1n) is 11.6. The Morgan fingerprint density at radius 3 is 2.50 bits per heavy atom. The van der Waals surface area contributed by atoms with Gasteiger partial charge in [-0.1, -0.05) is 23.7 Å². The molecule has 0 saturated carbocycles. The first-order valence-corrected chi connectivity index (χ1v) is 12.0. The normalized spacial score (nSPS) is 13.8.